The van der Waals surface area contributed by atoms with Crippen molar-refractivity contribution in [1.29, 1.82) is 0 Å². The summed E-state index contributed by atoms with van der Waals surface area (Å²) in [5.41, 5.74) is 2.95. The number of ether oxygens (including phenoxy) is 1. The Hall–Kier alpha value is -1.50. The summed E-state index contributed by atoms with van der Waals surface area (Å²) in [6.07, 6.45) is 0.176. The zero-order chi connectivity index (χ0) is 16.6. The number of benzene rings is 2. The summed E-state index contributed by atoms with van der Waals surface area (Å²) in [6.45, 7) is 0. The largest absolute Gasteiger partial charge is 0.465 e. The van der Waals surface area contributed by atoms with Crippen molar-refractivity contribution in [2.75, 3.05) is 7.11 Å². The van der Waals surface area contributed by atoms with E-state index in [0.717, 1.165) is 4.47 Å². The van der Waals surface area contributed by atoms with Gasteiger partial charge in [-0.3, -0.25) is 0 Å². The summed E-state index contributed by atoms with van der Waals surface area (Å²) in [5.74, 6) is -1.09. The molecule has 23 heavy (non-hydrogen) atoms. The first-order chi connectivity index (χ1) is 11.0. The van der Waals surface area contributed by atoms with Crippen LogP contribution in [0.25, 0.3) is 10.2 Å². The number of carbonyl (C=O) groups excluding carboxylic acids is 1. The average molecular weight is 415 g/mol. The molecule has 0 fully saturated rings. The number of esters is 1. The minimum Gasteiger partial charge on any atom is -0.465 e. The first-order valence-electron chi connectivity index (χ1n) is 6.58. The summed E-state index contributed by atoms with van der Waals surface area (Å²) in [4.78, 5) is 16.1. The molecular weight excluding hydrogens is 405 g/mol. The topological polar surface area (TPSA) is 39.2 Å². The van der Waals surface area contributed by atoms with E-state index < -0.39 is 11.8 Å². The van der Waals surface area contributed by atoms with Gasteiger partial charge in [0, 0.05) is 21.5 Å². The summed E-state index contributed by atoms with van der Waals surface area (Å²) < 4.78 is 21.1. The molecule has 0 saturated heterocycles. The SMILES string of the molecule is COC(=O)c1cc2scnc2c(F)c1Cc1ccc(Br)cc1Cl. The number of carbonyl (C=O) groups is 1. The van der Waals surface area contributed by atoms with Crippen molar-refractivity contribution >= 4 is 55.1 Å². The van der Waals surface area contributed by atoms with Crippen LogP contribution in [0.2, 0.25) is 5.02 Å². The van der Waals surface area contributed by atoms with Crippen molar-refractivity contribution in [3.8, 4) is 0 Å². The number of hydrogen-bond donors (Lipinski definition) is 0. The normalized spacial score (nSPS) is 11.0. The van der Waals surface area contributed by atoms with Crippen LogP contribution in [0.3, 0.4) is 0 Å². The van der Waals surface area contributed by atoms with Crippen LogP contribution in [0.15, 0.2) is 34.2 Å². The molecule has 0 radical (unpaired) electrons. The molecule has 7 heteroatoms. The van der Waals surface area contributed by atoms with E-state index in [1.165, 1.54) is 18.4 Å². The zero-order valence-corrected chi connectivity index (χ0v) is 15.1. The molecule has 1 heterocycles. The maximum Gasteiger partial charge on any atom is 0.338 e. The lowest BCUT2D eigenvalue weighted by molar-refractivity contribution is 0.0599. The Labute approximate surface area is 149 Å². The van der Waals surface area contributed by atoms with Crippen LogP contribution in [0.4, 0.5) is 4.39 Å². The molecule has 118 valence electrons. The zero-order valence-electron chi connectivity index (χ0n) is 11.9. The third kappa shape index (κ3) is 3.11. The van der Waals surface area contributed by atoms with E-state index in [9.17, 15) is 9.18 Å². The van der Waals surface area contributed by atoms with Gasteiger partial charge < -0.3 is 4.74 Å². The number of hydrogen-bond acceptors (Lipinski definition) is 4. The Morgan fingerprint density at radius 3 is 2.91 bits per heavy atom. The van der Waals surface area contributed by atoms with Crippen LogP contribution >= 0.6 is 38.9 Å². The van der Waals surface area contributed by atoms with Crippen molar-refractivity contribution < 1.29 is 13.9 Å². The highest BCUT2D eigenvalue weighted by Crippen LogP contribution is 2.31. The molecule has 0 bridgehead atoms. The van der Waals surface area contributed by atoms with Gasteiger partial charge in [-0.1, -0.05) is 33.6 Å². The Morgan fingerprint density at radius 2 is 2.22 bits per heavy atom. The van der Waals surface area contributed by atoms with Gasteiger partial charge in [0.1, 0.15) is 5.52 Å². The standard InChI is InChI=1S/C16H10BrClFNO2S/c1-22-16(21)11-6-13-15(20-7-23-13)14(19)10(11)4-8-2-3-9(17)5-12(8)18/h2-3,5-7H,4H2,1H3. The van der Waals surface area contributed by atoms with Crippen molar-refractivity contribution in [3.63, 3.8) is 0 Å². The number of nitrogens with zero attached hydrogens (tertiary/aromatic N) is 1. The lowest BCUT2D eigenvalue weighted by atomic mass is 9.98. The monoisotopic (exact) mass is 413 g/mol. The van der Waals surface area contributed by atoms with Crippen molar-refractivity contribution in [2.45, 2.75) is 6.42 Å². The van der Waals surface area contributed by atoms with Crippen LogP contribution in [0.1, 0.15) is 21.5 Å². The molecule has 0 N–H and O–H groups in total. The third-order valence-corrected chi connectivity index (χ3v) is 5.08. The first kappa shape index (κ1) is 16.4. The van der Waals surface area contributed by atoms with Gasteiger partial charge in [-0.05, 0) is 23.8 Å². The molecule has 3 nitrogen and oxygen atoms in total. The van der Waals surface area contributed by atoms with E-state index in [1.54, 1.807) is 23.7 Å². The van der Waals surface area contributed by atoms with Crippen LogP contribution in [-0.4, -0.2) is 18.1 Å². The molecule has 0 aliphatic heterocycles. The fourth-order valence-electron chi connectivity index (χ4n) is 2.32. The Morgan fingerprint density at radius 1 is 1.43 bits per heavy atom. The van der Waals surface area contributed by atoms with Crippen LogP contribution in [-0.2, 0) is 11.2 Å². The van der Waals surface area contributed by atoms with E-state index >= 15 is 0 Å². The van der Waals surface area contributed by atoms with Crippen LogP contribution in [0.5, 0.6) is 0 Å². The van der Waals surface area contributed by atoms with Gasteiger partial charge in [-0.25, -0.2) is 14.2 Å². The Kier molecular flexibility index (Phi) is 4.66. The van der Waals surface area contributed by atoms with E-state index in [2.05, 4.69) is 20.9 Å². The molecule has 0 aliphatic rings. The van der Waals surface area contributed by atoms with Crippen molar-refractivity contribution in [3.05, 3.63) is 61.8 Å². The smallest absolute Gasteiger partial charge is 0.338 e. The van der Waals surface area contributed by atoms with E-state index in [1.807, 2.05) is 6.07 Å². The summed E-state index contributed by atoms with van der Waals surface area (Å²) in [5, 5.41) is 0.493. The van der Waals surface area contributed by atoms with Gasteiger partial charge in [0.25, 0.3) is 0 Å². The predicted molar refractivity (Wildman–Crippen MR) is 92.9 cm³/mol. The summed E-state index contributed by atoms with van der Waals surface area (Å²) in [6, 6.07) is 6.95. The molecule has 0 unspecified atom stereocenters. The molecule has 0 atom stereocenters. The minimum absolute atomic E-state index is 0.176. The van der Waals surface area contributed by atoms with Gasteiger partial charge >= 0.3 is 5.97 Å². The highest BCUT2D eigenvalue weighted by Gasteiger charge is 2.21. The van der Waals surface area contributed by atoms with Gasteiger partial charge in [-0.2, -0.15) is 0 Å². The quantitative estimate of drug-likeness (QED) is 0.551. The molecule has 2 aromatic carbocycles. The Balaban J connectivity index is 2.17. The maximum absolute atomic E-state index is 14.8. The predicted octanol–water partition coefficient (Wildman–Crippen LogP) is 5.23. The summed E-state index contributed by atoms with van der Waals surface area (Å²) in [7, 11) is 1.27. The number of methoxy groups -OCH3 is 1. The summed E-state index contributed by atoms with van der Waals surface area (Å²) >= 11 is 10.8. The highest BCUT2D eigenvalue weighted by molar-refractivity contribution is 9.10. The van der Waals surface area contributed by atoms with Crippen LogP contribution in [0, 0.1) is 5.82 Å². The van der Waals surface area contributed by atoms with E-state index in [0.29, 0.717) is 15.3 Å². The number of rotatable bonds is 3. The molecule has 3 aromatic rings. The second kappa shape index (κ2) is 6.55. The fraction of sp³-hybridized carbons (Fsp3) is 0.125. The van der Waals surface area contributed by atoms with Gasteiger partial charge in [0.15, 0.2) is 5.82 Å². The van der Waals surface area contributed by atoms with Gasteiger partial charge in [0.05, 0.1) is 22.9 Å². The van der Waals surface area contributed by atoms with E-state index in [-0.39, 0.29) is 23.1 Å². The molecule has 0 aliphatic carbocycles. The number of thiazole rings is 1. The molecule has 0 amide bonds. The van der Waals surface area contributed by atoms with E-state index in [4.69, 9.17) is 16.3 Å². The third-order valence-electron chi connectivity index (χ3n) is 3.46. The molecule has 0 spiro atoms. The molecule has 3 rings (SSSR count). The molecule has 1 aromatic heterocycles. The van der Waals surface area contributed by atoms with Crippen molar-refractivity contribution in [1.82, 2.24) is 4.98 Å². The molecular formula is C16H10BrClFNO2S. The number of halogens is 3. The first-order valence-corrected chi connectivity index (χ1v) is 8.63. The second-order valence-electron chi connectivity index (χ2n) is 4.82. The number of aromatic nitrogens is 1. The lowest BCUT2D eigenvalue weighted by Gasteiger charge is -2.11. The van der Waals surface area contributed by atoms with Gasteiger partial charge in [0.2, 0.25) is 0 Å². The second-order valence-corrected chi connectivity index (χ2v) is 7.03. The molecule has 0 saturated carbocycles. The van der Waals surface area contributed by atoms with Crippen LogP contribution < -0.4 is 0 Å². The Bertz CT molecular complexity index is 912. The maximum atomic E-state index is 14.8. The highest BCUT2D eigenvalue weighted by atomic mass is 79.9. The average Bonchev–Trinajstić information content (AvgIpc) is 3.00. The fourth-order valence-corrected chi connectivity index (χ4v) is 3.77. The van der Waals surface area contributed by atoms with Gasteiger partial charge in [-0.15, -0.1) is 11.3 Å². The lowest BCUT2D eigenvalue weighted by Crippen LogP contribution is -2.09. The number of fused-ring (bicyclic) bond motifs is 1. The van der Waals surface area contributed by atoms with Crippen molar-refractivity contribution in [2.24, 2.45) is 0 Å². The minimum atomic E-state index is -0.581.